The normalized spacial score (nSPS) is 21.1. The maximum atomic E-state index is 12.9. The van der Waals surface area contributed by atoms with Crippen LogP contribution in [0.3, 0.4) is 0 Å². The van der Waals surface area contributed by atoms with E-state index in [0.717, 1.165) is 69.9 Å². The lowest BCUT2D eigenvalue weighted by atomic mass is 9.83. The first-order valence-corrected chi connectivity index (χ1v) is 12.5. The molecule has 196 valence electrons. The lowest BCUT2D eigenvalue weighted by Gasteiger charge is -2.38. The van der Waals surface area contributed by atoms with Gasteiger partial charge in [0.05, 0.1) is 48.1 Å². The SMILES string of the molecule is Cc1c(C(=O)Nc2ccc(C3CCC(N4CCOCC4)CC3)nc2)cnn1-c1ccc(C(F)(F)F)cn1. The topological polar surface area (TPSA) is 85.2 Å². The highest BCUT2D eigenvalue weighted by Gasteiger charge is 2.31. The molecule has 0 atom stereocenters. The van der Waals surface area contributed by atoms with Gasteiger partial charge in [-0.2, -0.15) is 18.3 Å². The number of anilines is 1. The van der Waals surface area contributed by atoms with Crippen molar-refractivity contribution in [1.29, 1.82) is 0 Å². The fourth-order valence-electron chi connectivity index (χ4n) is 5.14. The monoisotopic (exact) mass is 514 g/mol. The van der Waals surface area contributed by atoms with Gasteiger partial charge in [-0.25, -0.2) is 9.67 Å². The smallest absolute Gasteiger partial charge is 0.379 e. The van der Waals surface area contributed by atoms with Crippen LogP contribution in [0.15, 0.2) is 42.9 Å². The van der Waals surface area contributed by atoms with Crippen LogP contribution in [0.2, 0.25) is 0 Å². The first-order valence-electron chi connectivity index (χ1n) is 12.5. The van der Waals surface area contributed by atoms with Crippen molar-refractivity contribution in [1.82, 2.24) is 24.6 Å². The molecule has 1 N–H and O–H groups in total. The van der Waals surface area contributed by atoms with E-state index in [4.69, 9.17) is 4.74 Å². The molecule has 2 aliphatic rings. The molecule has 1 aliphatic carbocycles. The number of alkyl halides is 3. The summed E-state index contributed by atoms with van der Waals surface area (Å²) in [4.78, 5) is 23.9. The largest absolute Gasteiger partial charge is 0.417 e. The summed E-state index contributed by atoms with van der Waals surface area (Å²) in [6.07, 6.45) is 3.81. The molecule has 0 radical (unpaired) electrons. The molecule has 4 heterocycles. The Balaban J connectivity index is 1.19. The third-order valence-corrected chi connectivity index (χ3v) is 7.27. The number of nitrogens with zero attached hydrogens (tertiary/aromatic N) is 5. The van der Waals surface area contributed by atoms with E-state index < -0.39 is 11.7 Å². The molecule has 3 aromatic heterocycles. The van der Waals surface area contributed by atoms with E-state index in [2.05, 4.69) is 25.3 Å². The number of rotatable bonds is 5. The summed E-state index contributed by atoms with van der Waals surface area (Å²) in [6, 6.07) is 6.61. The van der Waals surface area contributed by atoms with Crippen molar-refractivity contribution in [3.05, 3.63) is 65.4 Å². The van der Waals surface area contributed by atoms with Crippen molar-refractivity contribution >= 4 is 11.6 Å². The highest BCUT2D eigenvalue weighted by atomic mass is 19.4. The molecule has 37 heavy (non-hydrogen) atoms. The van der Waals surface area contributed by atoms with Gasteiger partial charge in [-0.3, -0.25) is 14.7 Å². The van der Waals surface area contributed by atoms with E-state index in [1.54, 1.807) is 13.1 Å². The Bertz CT molecular complexity index is 1210. The summed E-state index contributed by atoms with van der Waals surface area (Å²) in [5, 5.41) is 6.97. The Labute approximate surface area is 212 Å². The predicted molar refractivity (Wildman–Crippen MR) is 131 cm³/mol. The number of carbonyl (C=O) groups is 1. The molecule has 1 saturated carbocycles. The van der Waals surface area contributed by atoms with Crippen LogP contribution in [-0.2, 0) is 10.9 Å². The van der Waals surface area contributed by atoms with Gasteiger partial charge in [0, 0.05) is 36.9 Å². The Hall–Kier alpha value is -3.31. The molecule has 5 rings (SSSR count). The highest BCUT2D eigenvalue weighted by Crippen LogP contribution is 2.34. The van der Waals surface area contributed by atoms with E-state index in [9.17, 15) is 18.0 Å². The van der Waals surface area contributed by atoms with Crippen molar-refractivity contribution in [3.63, 3.8) is 0 Å². The Morgan fingerprint density at radius 2 is 1.76 bits per heavy atom. The summed E-state index contributed by atoms with van der Waals surface area (Å²) in [6.45, 7) is 5.33. The minimum absolute atomic E-state index is 0.193. The van der Waals surface area contributed by atoms with Crippen LogP contribution in [0.5, 0.6) is 0 Å². The number of hydrogen-bond acceptors (Lipinski definition) is 6. The van der Waals surface area contributed by atoms with Gasteiger partial charge in [0.15, 0.2) is 5.82 Å². The number of pyridine rings is 2. The molecule has 0 unspecified atom stereocenters. The molecule has 1 saturated heterocycles. The number of aromatic nitrogens is 4. The zero-order valence-corrected chi connectivity index (χ0v) is 20.5. The number of morpholine rings is 1. The van der Waals surface area contributed by atoms with Crippen LogP contribution >= 0.6 is 0 Å². The van der Waals surface area contributed by atoms with Crippen LogP contribution in [0.4, 0.5) is 18.9 Å². The Morgan fingerprint density at radius 1 is 1.00 bits per heavy atom. The quantitative estimate of drug-likeness (QED) is 0.536. The minimum atomic E-state index is -4.47. The lowest BCUT2D eigenvalue weighted by molar-refractivity contribution is -0.137. The average Bonchev–Trinajstić information content (AvgIpc) is 3.30. The second kappa shape index (κ2) is 10.6. The molecular weight excluding hydrogens is 485 g/mol. The molecule has 2 fully saturated rings. The van der Waals surface area contributed by atoms with Gasteiger partial charge in [-0.05, 0) is 56.9 Å². The third-order valence-electron chi connectivity index (χ3n) is 7.27. The maximum Gasteiger partial charge on any atom is 0.417 e. The molecular formula is C26H29F3N6O2. The molecule has 8 nitrogen and oxygen atoms in total. The number of amides is 1. The van der Waals surface area contributed by atoms with Crippen molar-refractivity contribution in [3.8, 4) is 5.82 Å². The van der Waals surface area contributed by atoms with Gasteiger partial charge in [-0.1, -0.05) is 0 Å². The summed E-state index contributed by atoms with van der Waals surface area (Å²) < 4.78 is 45.2. The zero-order chi connectivity index (χ0) is 26.0. The minimum Gasteiger partial charge on any atom is -0.379 e. The molecule has 3 aromatic rings. The fraction of sp³-hybridized carbons (Fsp3) is 0.462. The van der Waals surface area contributed by atoms with Gasteiger partial charge in [-0.15, -0.1) is 0 Å². The molecule has 1 aliphatic heterocycles. The zero-order valence-electron chi connectivity index (χ0n) is 20.5. The number of halogens is 3. The standard InChI is InChI=1S/C26H29F3N6O2/c1-17-22(16-32-35(17)24-9-4-19(14-31-24)26(27,28)29)25(36)33-20-5-8-23(30-15-20)18-2-6-21(7-3-18)34-10-12-37-13-11-34/h4-5,8-9,14-16,18,21H,2-3,6-7,10-13H2,1H3,(H,33,36). The first-order chi connectivity index (χ1) is 17.8. The van der Waals surface area contributed by atoms with Crippen molar-refractivity contribution in [2.45, 2.75) is 50.7 Å². The van der Waals surface area contributed by atoms with E-state index in [-0.39, 0.29) is 11.7 Å². The van der Waals surface area contributed by atoms with Crippen LogP contribution < -0.4 is 5.32 Å². The van der Waals surface area contributed by atoms with E-state index in [1.807, 2.05) is 12.1 Å². The summed E-state index contributed by atoms with van der Waals surface area (Å²) in [5.41, 5.74) is 1.52. The summed E-state index contributed by atoms with van der Waals surface area (Å²) in [7, 11) is 0. The van der Waals surface area contributed by atoms with E-state index >= 15 is 0 Å². The molecule has 0 bridgehead atoms. The lowest BCUT2D eigenvalue weighted by Crippen LogP contribution is -2.44. The number of nitrogens with one attached hydrogen (secondary N) is 1. The summed E-state index contributed by atoms with van der Waals surface area (Å²) in [5.74, 6) is 0.230. The molecule has 0 aromatic carbocycles. The van der Waals surface area contributed by atoms with Gasteiger partial charge < -0.3 is 10.1 Å². The van der Waals surface area contributed by atoms with Gasteiger partial charge in [0.25, 0.3) is 5.91 Å². The first kappa shape index (κ1) is 25.3. The van der Waals surface area contributed by atoms with Crippen LogP contribution in [0.1, 0.15) is 58.9 Å². The highest BCUT2D eigenvalue weighted by molar-refractivity contribution is 6.04. The van der Waals surface area contributed by atoms with Gasteiger partial charge in [0.1, 0.15) is 0 Å². The Kier molecular flexibility index (Phi) is 7.25. The average molecular weight is 515 g/mol. The number of carbonyl (C=O) groups excluding carboxylic acids is 1. The fourth-order valence-corrected chi connectivity index (χ4v) is 5.14. The summed E-state index contributed by atoms with van der Waals surface area (Å²) >= 11 is 0. The second-order valence-electron chi connectivity index (χ2n) is 9.54. The Morgan fingerprint density at radius 3 is 2.38 bits per heavy atom. The number of hydrogen-bond donors (Lipinski definition) is 1. The van der Waals surface area contributed by atoms with E-state index in [1.165, 1.54) is 16.9 Å². The van der Waals surface area contributed by atoms with E-state index in [0.29, 0.717) is 28.9 Å². The van der Waals surface area contributed by atoms with Crippen molar-refractivity contribution in [2.75, 3.05) is 31.6 Å². The third kappa shape index (κ3) is 5.67. The molecule has 1 amide bonds. The maximum absolute atomic E-state index is 12.9. The van der Waals surface area contributed by atoms with Crippen LogP contribution in [-0.4, -0.2) is 62.9 Å². The number of ether oxygens (including phenoxy) is 1. The van der Waals surface area contributed by atoms with Crippen molar-refractivity contribution < 1.29 is 22.7 Å². The molecule has 11 heteroatoms. The van der Waals surface area contributed by atoms with Crippen molar-refractivity contribution in [2.24, 2.45) is 0 Å². The second-order valence-corrected chi connectivity index (χ2v) is 9.54. The van der Waals surface area contributed by atoms with Gasteiger partial charge in [0.2, 0.25) is 0 Å². The predicted octanol–water partition coefficient (Wildman–Crippen LogP) is 4.60. The van der Waals surface area contributed by atoms with Gasteiger partial charge >= 0.3 is 6.18 Å². The van der Waals surface area contributed by atoms with Crippen LogP contribution in [0, 0.1) is 6.92 Å². The molecule has 0 spiro atoms. The van der Waals surface area contributed by atoms with Crippen LogP contribution in [0.25, 0.3) is 5.82 Å².